The lowest BCUT2D eigenvalue weighted by atomic mass is 10.2. The van der Waals surface area contributed by atoms with Crippen molar-refractivity contribution in [3.8, 4) is 0 Å². The van der Waals surface area contributed by atoms with Crippen molar-refractivity contribution >= 4 is 23.3 Å². The van der Waals surface area contributed by atoms with Gasteiger partial charge in [0.05, 0.1) is 6.54 Å². The average Bonchev–Trinajstić information content (AvgIpc) is 2.61. The largest absolute Gasteiger partial charge is 0.369 e. The van der Waals surface area contributed by atoms with E-state index in [0.29, 0.717) is 0 Å². The smallest absolute Gasteiger partial charge is 0.315 e. The van der Waals surface area contributed by atoms with Gasteiger partial charge in [0.2, 0.25) is 5.91 Å². The van der Waals surface area contributed by atoms with Crippen molar-refractivity contribution in [1.29, 1.82) is 0 Å². The van der Waals surface area contributed by atoms with E-state index in [1.807, 2.05) is 38.1 Å². The van der Waals surface area contributed by atoms with Crippen LogP contribution in [0, 0.1) is 0 Å². The third kappa shape index (κ3) is 6.26. The summed E-state index contributed by atoms with van der Waals surface area (Å²) in [5.74, 6) is -0.244. The maximum absolute atomic E-state index is 11.9. The molecule has 0 aromatic heterocycles. The number of nitrogens with one attached hydrogen (secondary N) is 3. The Kier molecular flexibility index (Phi) is 7.06. The molecule has 25 heavy (non-hydrogen) atoms. The summed E-state index contributed by atoms with van der Waals surface area (Å²) in [6, 6.07) is 7.59. The second-order valence-corrected chi connectivity index (χ2v) is 6.52. The third-order valence-corrected chi connectivity index (χ3v) is 4.42. The van der Waals surface area contributed by atoms with Gasteiger partial charge in [-0.15, -0.1) is 0 Å². The van der Waals surface area contributed by atoms with E-state index in [0.717, 1.165) is 44.0 Å². The first-order chi connectivity index (χ1) is 12.0. The quantitative estimate of drug-likeness (QED) is 0.728. The predicted octanol–water partition coefficient (Wildman–Crippen LogP) is 1.47. The molecule has 7 nitrogen and oxygen atoms in total. The van der Waals surface area contributed by atoms with Gasteiger partial charge in [-0.25, -0.2) is 4.79 Å². The van der Waals surface area contributed by atoms with Gasteiger partial charge in [0.15, 0.2) is 0 Å². The van der Waals surface area contributed by atoms with Gasteiger partial charge in [-0.05, 0) is 44.7 Å². The zero-order chi connectivity index (χ0) is 18.2. The molecule has 0 spiro atoms. The van der Waals surface area contributed by atoms with Gasteiger partial charge in [-0.3, -0.25) is 4.79 Å². The number of anilines is 2. The van der Waals surface area contributed by atoms with Gasteiger partial charge in [-0.1, -0.05) is 6.92 Å². The lowest BCUT2D eigenvalue weighted by molar-refractivity contribution is -0.115. The molecule has 2 rings (SSSR count). The first-order valence-corrected chi connectivity index (χ1v) is 8.85. The molecule has 0 radical (unpaired) electrons. The van der Waals surface area contributed by atoms with Crippen LogP contribution in [0.1, 0.15) is 20.3 Å². The summed E-state index contributed by atoms with van der Waals surface area (Å²) < 4.78 is 0. The van der Waals surface area contributed by atoms with Gasteiger partial charge in [-0.2, -0.15) is 0 Å². The van der Waals surface area contributed by atoms with Gasteiger partial charge < -0.3 is 25.8 Å². The van der Waals surface area contributed by atoms with Crippen LogP contribution in [0.15, 0.2) is 24.3 Å². The van der Waals surface area contributed by atoms with Crippen LogP contribution in [0.25, 0.3) is 0 Å². The maximum Gasteiger partial charge on any atom is 0.315 e. The van der Waals surface area contributed by atoms with Crippen molar-refractivity contribution in [2.24, 2.45) is 0 Å². The number of benzene rings is 1. The van der Waals surface area contributed by atoms with Crippen LogP contribution >= 0.6 is 0 Å². The number of piperazine rings is 1. The van der Waals surface area contributed by atoms with Crippen LogP contribution < -0.4 is 20.9 Å². The molecular weight excluding hydrogens is 318 g/mol. The van der Waals surface area contributed by atoms with Crippen molar-refractivity contribution < 1.29 is 9.59 Å². The highest BCUT2D eigenvalue weighted by Gasteiger charge is 2.14. The molecule has 1 saturated heterocycles. The van der Waals surface area contributed by atoms with Gasteiger partial charge in [0, 0.05) is 43.6 Å². The zero-order valence-electron chi connectivity index (χ0n) is 15.3. The zero-order valence-corrected chi connectivity index (χ0v) is 15.3. The molecule has 138 valence electrons. The topological polar surface area (TPSA) is 76.7 Å². The van der Waals surface area contributed by atoms with E-state index in [1.165, 1.54) is 0 Å². The number of hydrogen-bond donors (Lipinski definition) is 3. The lowest BCUT2D eigenvalue weighted by Crippen LogP contribution is -2.44. The molecule has 3 N–H and O–H groups in total. The average molecular weight is 347 g/mol. The molecule has 1 aromatic carbocycles. The monoisotopic (exact) mass is 347 g/mol. The minimum Gasteiger partial charge on any atom is -0.369 e. The molecule has 1 aliphatic heterocycles. The van der Waals surface area contributed by atoms with Crippen molar-refractivity contribution in [1.82, 2.24) is 15.5 Å². The molecule has 1 unspecified atom stereocenters. The second-order valence-electron chi connectivity index (χ2n) is 6.52. The van der Waals surface area contributed by atoms with E-state index < -0.39 is 0 Å². The van der Waals surface area contributed by atoms with E-state index in [2.05, 4.69) is 32.8 Å². The molecule has 1 aliphatic rings. The lowest BCUT2D eigenvalue weighted by Gasteiger charge is -2.34. The van der Waals surface area contributed by atoms with Crippen LogP contribution in [0.5, 0.6) is 0 Å². The Balaban J connectivity index is 1.76. The summed E-state index contributed by atoms with van der Waals surface area (Å²) >= 11 is 0. The van der Waals surface area contributed by atoms with Gasteiger partial charge >= 0.3 is 6.03 Å². The highest BCUT2D eigenvalue weighted by molar-refractivity contribution is 5.94. The van der Waals surface area contributed by atoms with Gasteiger partial charge in [0.1, 0.15) is 0 Å². The van der Waals surface area contributed by atoms with Crippen LogP contribution in [0.4, 0.5) is 16.2 Å². The Hall–Kier alpha value is -2.28. The summed E-state index contributed by atoms with van der Waals surface area (Å²) in [6.45, 7) is 7.99. The summed E-state index contributed by atoms with van der Waals surface area (Å²) in [5, 5.41) is 8.11. The Morgan fingerprint density at radius 2 is 1.76 bits per heavy atom. The summed E-state index contributed by atoms with van der Waals surface area (Å²) in [7, 11) is 2.13. The highest BCUT2D eigenvalue weighted by Crippen LogP contribution is 2.19. The fourth-order valence-electron chi connectivity index (χ4n) is 2.56. The predicted molar refractivity (Wildman–Crippen MR) is 101 cm³/mol. The standard InChI is InChI=1S/C18H29N5O2/c1-4-14(2)20-18(25)19-13-17(24)21-15-5-7-16(8-6-15)23-11-9-22(3)10-12-23/h5-8,14H,4,9-13H2,1-3H3,(H,21,24)(H2,19,20,25). The van der Waals surface area contributed by atoms with Gasteiger partial charge in [0.25, 0.3) is 0 Å². The second kappa shape index (κ2) is 9.27. The highest BCUT2D eigenvalue weighted by atomic mass is 16.2. The fraction of sp³-hybridized carbons (Fsp3) is 0.556. The van der Waals surface area contributed by atoms with Crippen LogP contribution in [0.3, 0.4) is 0 Å². The summed E-state index contributed by atoms with van der Waals surface area (Å²) in [5.41, 5.74) is 1.89. The van der Waals surface area contributed by atoms with E-state index in [-0.39, 0.29) is 24.5 Å². The number of carbonyl (C=O) groups is 2. The van der Waals surface area contributed by atoms with Crippen molar-refractivity contribution in [3.63, 3.8) is 0 Å². The molecule has 3 amide bonds. The van der Waals surface area contributed by atoms with Crippen LogP contribution in [-0.2, 0) is 4.79 Å². The number of hydrogen-bond acceptors (Lipinski definition) is 4. The number of rotatable bonds is 6. The molecule has 1 atom stereocenters. The number of likely N-dealkylation sites (N-methyl/N-ethyl adjacent to an activating group) is 1. The first-order valence-electron chi connectivity index (χ1n) is 8.85. The first kappa shape index (κ1) is 19.1. The van der Waals surface area contributed by atoms with E-state index in [1.54, 1.807) is 0 Å². The summed E-state index contributed by atoms with van der Waals surface area (Å²) in [4.78, 5) is 28.2. The fourth-order valence-corrected chi connectivity index (χ4v) is 2.56. The Morgan fingerprint density at radius 1 is 1.12 bits per heavy atom. The minimum absolute atomic E-state index is 0.0531. The molecule has 0 saturated carbocycles. The molecule has 0 aliphatic carbocycles. The molecule has 1 aromatic rings. The summed E-state index contributed by atoms with van der Waals surface area (Å²) in [6.07, 6.45) is 0.846. The molecule has 0 bridgehead atoms. The Morgan fingerprint density at radius 3 is 2.36 bits per heavy atom. The SMILES string of the molecule is CCC(C)NC(=O)NCC(=O)Nc1ccc(N2CCN(C)CC2)cc1. The van der Waals surface area contributed by atoms with E-state index >= 15 is 0 Å². The number of amides is 3. The number of urea groups is 1. The van der Waals surface area contributed by atoms with E-state index in [9.17, 15) is 9.59 Å². The molecule has 1 heterocycles. The number of carbonyl (C=O) groups excluding carboxylic acids is 2. The Bertz CT molecular complexity index is 567. The van der Waals surface area contributed by atoms with Crippen molar-refractivity contribution in [2.75, 3.05) is 50.0 Å². The van der Waals surface area contributed by atoms with E-state index in [4.69, 9.17) is 0 Å². The number of nitrogens with zero attached hydrogens (tertiary/aromatic N) is 2. The Labute approximate surface area is 149 Å². The maximum atomic E-state index is 11.9. The molecule has 7 heteroatoms. The normalized spacial score (nSPS) is 16.2. The van der Waals surface area contributed by atoms with Crippen LogP contribution in [0.2, 0.25) is 0 Å². The third-order valence-electron chi connectivity index (χ3n) is 4.42. The van der Waals surface area contributed by atoms with Crippen molar-refractivity contribution in [3.05, 3.63) is 24.3 Å². The van der Waals surface area contributed by atoms with Crippen molar-refractivity contribution in [2.45, 2.75) is 26.3 Å². The molecule has 1 fully saturated rings. The van der Waals surface area contributed by atoms with Crippen LogP contribution in [-0.4, -0.2) is 62.7 Å². The molecular formula is C18H29N5O2. The minimum atomic E-state index is -0.324.